The molecule has 0 amide bonds. The Labute approximate surface area is 74.2 Å². The van der Waals surface area contributed by atoms with Gasteiger partial charge in [0.15, 0.2) is 0 Å². The van der Waals surface area contributed by atoms with Crippen molar-refractivity contribution in [1.29, 1.82) is 5.26 Å². The van der Waals surface area contributed by atoms with E-state index in [4.69, 9.17) is 16.9 Å². The number of nitrogens with zero attached hydrogens (tertiary/aromatic N) is 1. The van der Waals surface area contributed by atoms with Crippen LogP contribution in [0.15, 0.2) is 10.5 Å². The smallest absolute Gasteiger partial charge is 0.249 e. The first kappa shape index (κ1) is 8.63. The predicted octanol–water partition coefficient (Wildman–Crippen LogP) is 2.40. The number of carbonyl (C=O) groups excluding carboxylic acids is 1. The molecule has 0 radical (unpaired) electrons. The lowest BCUT2D eigenvalue weighted by atomic mass is 10.3. The van der Waals surface area contributed by atoms with E-state index in [2.05, 4.69) is 0 Å². The van der Waals surface area contributed by atoms with Crippen molar-refractivity contribution in [2.45, 2.75) is 19.3 Å². The standard InChI is InChI=1S/C7H6ClNOS/c8-7(10)5-2-1-3-6(5)11-4-9/h1-3H2. The van der Waals surface area contributed by atoms with Gasteiger partial charge in [-0.25, -0.2) is 0 Å². The zero-order valence-corrected chi connectivity index (χ0v) is 7.34. The molecule has 0 fully saturated rings. The molecule has 1 aliphatic carbocycles. The van der Waals surface area contributed by atoms with Crippen LogP contribution in [0.1, 0.15) is 19.3 Å². The van der Waals surface area contributed by atoms with Gasteiger partial charge in [0.1, 0.15) is 5.40 Å². The zero-order valence-electron chi connectivity index (χ0n) is 5.76. The maximum Gasteiger partial charge on any atom is 0.249 e. The fourth-order valence-corrected chi connectivity index (χ4v) is 2.03. The van der Waals surface area contributed by atoms with Crippen LogP contribution in [0.2, 0.25) is 0 Å². The molecule has 0 aromatic carbocycles. The number of allylic oxidation sites excluding steroid dienone is 2. The van der Waals surface area contributed by atoms with Crippen molar-refractivity contribution >= 4 is 28.6 Å². The van der Waals surface area contributed by atoms with E-state index in [0.717, 1.165) is 35.9 Å². The summed E-state index contributed by atoms with van der Waals surface area (Å²) in [6.07, 6.45) is 2.50. The topological polar surface area (TPSA) is 40.9 Å². The van der Waals surface area contributed by atoms with Crippen LogP contribution in [0.3, 0.4) is 0 Å². The molecule has 0 saturated carbocycles. The molecule has 0 aromatic heterocycles. The number of thiocyanates is 1. The Morgan fingerprint density at radius 1 is 1.64 bits per heavy atom. The van der Waals surface area contributed by atoms with Gasteiger partial charge in [0, 0.05) is 10.5 Å². The lowest BCUT2D eigenvalue weighted by molar-refractivity contribution is -0.108. The van der Waals surface area contributed by atoms with Gasteiger partial charge in [-0.3, -0.25) is 4.79 Å². The summed E-state index contributed by atoms with van der Waals surface area (Å²) in [6.45, 7) is 0. The Bertz CT molecular complexity index is 254. The van der Waals surface area contributed by atoms with Crippen LogP contribution in [-0.2, 0) is 4.79 Å². The second-order valence-electron chi connectivity index (χ2n) is 2.22. The highest BCUT2D eigenvalue weighted by atomic mass is 35.5. The first-order valence-electron chi connectivity index (χ1n) is 3.23. The van der Waals surface area contributed by atoms with E-state index in [9.17, 15) is 4.79 Å². The van der Waals surface area contributed by atoms with Crippen LogP contribution >= 0.6 is 23.4 Å². The highest BCUT2D eigenvalue weighted by molar-refractivity contribution is 8.07. The summed E-state index contributed by atoms with van der Waals surface area (Å²) >= 11 is 6.35. The lowest BCUT2D eigenvalue weighted by Crippen LogP contribution is -1.90. The van der Waals surface area contributed by atoms with E-state index in [-0.39, 0.29) is 0 Å². The first-order chi connectivity index (χ1) is 5.25. The van der Waals surface area contributed by atoms with E-state index in [1.54, 1.807) is 0 Å². The average molecular weight is 188 g/mol. The largest absolute Gasteiger partial charge is 0.276 e. The molecule has 0 heterocycles. The van der Waals surface area contributed by atoms with Crippen molar-refractivity contribution in [2.75, 3.05) is 0 Å². The number of rotatable bonds is 2. The van der Waals surface area contributed by atoms with Crippen LogP contribution in [0.5, 0.6) is 0 Å². The van der Waals surface area contributed by atoms with Crippen molar-refractivity contribution in [3.63, 3.8) is 0 Å². The van der Waals surface area contributed by atoms with Gasteiger partial charge in [-0.05, 0) is 42.6 Å². The summed E-state index contributed by atoms with van der Waals surface area (Å²) in [5, 5.41) is 9.89. The van der Waals surface area contributed by atoms with Crippen molar-refractivity contribution < 1.29 is 4.79 Å². The van der Waals surface area contributed by atoms with Crippen molar-refractivity contribution in [3.05, 3.63) is 10.5 Å². The molecule has 2 nitrogen and oxygen atoms in total. The van der Waals surface area contributed by atoms with Crippen LogP contribution < -0.4 is 0 Å². The number of hydrogen-bond acceptors (Lipinski definition) is 3. The fourth-order valence-electron chi connectivity index (χ4n) is 1.09. The van der Waals surface area contributed by atoms with E-state index in [0.29, 0.717) is 5.57 Å². The molecule has 11 heavy (non-hydrogen) atoms. The Hall–Kier alpha value is -0.460. The van der Waals surface area contributed by atoms with Gasteiger partial charge >= 0.3 is 0 Å². The summed E-state index contributed by atoms with van der Waals surface area (Å²) in [7, 11) is 0. The van der Waals surface area contributed by atoms with Crippen molar-refractivity contribution in [1.82, 2.24) is 0 Å². The van der Waals surface area contributed by atoms with Crippen molar-refractivity contribution in [2.24, 2.45) is 0 Å². The summed E-state index contributed by atoms with van der Waals surface area (Å²) in [5.74, 6) is 0. The van der Waals surface area contributed by atoms with Gasteiger partial charge in [0.25, 0.3) is 0 Å². The SMILES string of the molecule is N#CSC1=C(C(=O)Cl)CCC1. The van der Waals surface area contributed by atoms with E-state index < -0.39 is 5.24 Å². The lowest BCUT2D eigenvalue weighted by Gasteiger charge is -1.94. The third-order valence-corrected chi connectivity index (χ3v) is 2.59. The number of nitriles is 1. The molecule has 0 spiro atoms. The molecule has 0 aromatic rings. The predicted molar refractivity (Wildman–Crippen MR) is 44.9 cm³/mol. The summed E-state index contributed by atoms with van der Waals surface area (Å²) in [5.41, 5.74) is 0.637. The molecule has 4 heteroatoms. The minimum atomic E-state index is -0.403. The maximum atomic E-state index is 10.7. The Balaban J connectivity index is 2.79. The molecule has 0 bridgehead atoms. The quantitative estimate of drug-likeness (QED) is 0.493. The van der Waals surface area contributed by atoms with Gasteiger partial charge in [0.2, 0.25) is 5.24 Å². The maximum absolute atomic E-state index is 10.7. The van der Waals surface area contributed by atoms with Crippen LogP contribution in [0, 0.1) is 10.7 Å². The van der Waals surface area contributed by atoms with E-state index in [1.165, 1.54) is 0 Å². The molecule has 0 saturated heterocycles. The van der Waals surface area contributed by atoms with Gasteiger partial charge in [-0.15, -0.1) is 0 Å². The van der Waals surface area contributed by atoms with Gasteiger partial charge < -0.3 is 0 Å². The highest BCUT2D eigenvalue weighted by Crippen LogP contribution is 2.34. The first-order valence-corrected chi connectivity index (χ1v) is 4.43. The van der Waals surface area contributed by atoms with Crippen LogP contribution in [-0.4, -0.2) is 5.24 Å². The molecule has 1 aliphatic rings. The molecule has 0 atom stereocenters. The molecule has 0 unspecified atom stereocenters. The second-order valence-corrected chi connectivity index (χ2v) is 3.45. The monoisotopic (exact) mass is 187 g/mol. The summed E-state index contributed by atoms with van der Waals surface area (Å²) < 4.78 is 0. The minimum absolute atomic E-state index is 0.403. The number of carbonyl (C=O) groups is 1. The number of thioether (sulfide) groups is 1. The molecule has 0 N–H and O–H groups in total. The van der Waals surface area contributed by atoms with E-state index >= 15 is 0 Å². The highest BCUT2D eigenvalue weighted by Gasteiger charge is 2.19. The Morgan fingerprint density at radius 2 is 2.36 bits per heavy atom. The Morgan fingerprint density at radius 3 is 2.91 bits per heavy atom. The molecule has 58 valence electrons. The van der Waals surface area contributed by atoms with Crippen LogP contribution in [0.25, 0.3) is 0 Å². The fraction of sp³-hybridized carbons (Fsp3) is 0.429. The number of halogens is 1. The molecular formula is C7H6ClNOS. The molecular weight excluding hydrogens is 182 g/mol. The molecule has 0 aliphatic heterocycles. The van der Waals surface area contributed by atoms with E-state index in [1.807, 2.05) is 5.40 Å². The van der Waals surface area contributed by atoms with Gasteiger partial charge in [-0.1, -0.05) is 0 Å². The average Bonchev–Trinajstić information content (AvgIpc) is 2.36. The van der Waals surface area contributed by atoms with Crippen LogP contribution in [0.4, 0.5) is 0 Å². The number of hydrogen-bond donors (Lipinski definition) is 0. The summed E-state index contributed by atoms with van der Waals surface area (Å²) in [6, 6.07) is 0. The van der Waals surface area contributed by atoms with Gasteiger partial charge in [-0.2, -0.15) is 5.26 Å². The van der Waals surface area contributed by atoms with Gasteiger partial charge in [0.05, 0.1) is 0 Å². The Kier molecular flexibility index (Phi) is 2.98. The second kappa shape index (κ2) is 3.80. The normalized spacial score (nSPS) is 16.7. The third kappa shape index (κ3) is 1.98. The molecule has 1 rings (SSSR count). The third-order valence-electron chi connectivity index (χ3n) is 1.57. The summed E-state index contributed by atoms with van der Waals surface area (Å²) in [4.78, 5) is 11.6. The minimum Gasteiger partial charge on any atom is -0.276 e. The zero-order chi connectivity index (χ0) is 8.27. The van der Waals surface area contributed by atoms with Crippen molar-refractivity contribution in [3.8, 4) is 5.40 Å².